The van der Waals surface area contributed by atoms with Gasteiger partial charge in [0.25, 0.3) is 0 Å². The van der Waals surface area contributed by atoms with E-state index in [4.69, 9.17) is 11.6 Å². The summed E-state index contributed by atoms with van der Waals surface area (Å²) in [6, 6.07) is 16.2. The maximum absolute atomic E-state index is 11.6. The molecule has 0 bridgehead atoms. The lowest BCUT2D eigenvalue weighted by molar-refractivity contribution is 0.0104. The summed E-state index contributed by atoms with van der Waals surface area (Å²) in [7, 11) is 0. The molecule has 1 aliphatic rings. The molecule has 2 atom stereocenters. The Balaban J connectivity index is 2.16. The van der Waals surface area contributed by atoms with Crippen LogP contribution in [0, 0.1) is 19.3 Å². The molecular weight excluding hydrogens is 280 g/mol. The van der Waals surface area contributed by atoms with Gasteiger partial charge in [0, 0.05) is 10.8 Å². The highest BCUT2D eigenvalue weighted by Crippen LogP contribution is 2.63. The first-order valence-electron chi connectivity index (χ1n) is 7.39. The first-order valence-corrected chi connectivity index (χ1v) is 7.82. The van der Waals surface area contributed by atoms with E-state index in [1.54, 1.807) is 0 Å². The summed E-state index contributed by atoms with van der Waals surface area (Å²) in [5.41, 5.74) is 2.85. The van der Waals surface area contributed by atoms with Gasteiger partial charge in [-0.2, -0.15) is 0 Å². The van der Waals surface area contributed by atoms with Crippen LogP contribution >= 0.6 is 11.6 Å². The number of alkyl halides is 1. The van der Waals surface area contributed by atoms with E-state index in [2.05, 4.69) is 20.8 Å². The molecule has 2 heteroatoms. The summed E-state index contributed by atoms with van der Waals surface area (Å²) in [4.78, 5) is 0. The minimum atomic E-state index is -1.04. The first-order chi connectivity index (χ1) is 9.88. The molecule has 110 valence electrons. The summed E-state index contributed by atoms with van der Waals surface area (Å²) < 4.78 is 0. The van der Waals surface area contributed by atoms with Crippen LogP contribution < -0.4 is 0 Å². The highest BCUT2D eigenvalue weighted by molar-refractivity contribution is 6.23. The molecule has 1 nitrogen and oxygen atoms in total. The van der Waals surface area contributed by atoms with Crippen LogP contribution in [0.2, 0.25) is 0 Å². The molecule has 0 radical (unpaired) electrons. The topological polar surface area (TPSA) is 20.2 Å². The second kappa shape index (κ2) is 4.86. The molecule has 0 amide bonds. The molecule has 0 aromatic heterocycles. The summed E-state index contributed by atoms with van der Waals surface area (Å²) in [5, 5.41) is 11.6. The molecule has 2 aromatic carbocycles. The van der Waals surface area contributed by atoms with Crippen LogP contribution in [-0.4, -0.2) is 10.5 Å². The Morgan fingerprint density at radius 1 is 0.952 bits per heavy atom. The first kappa shape index (κ1) is 14.6. The molecule has 2 aromatic rings. The lowest BCUT2D eigenvalue weighted by Gasteiger charge is -2.36. The number of hydrogen-bond acceptors (Lipinski definition) is 1. The van der Waals surface area contributed by atoms with E-state index in [1.165, 1.54) is 11.1 Å². The van der Waals surface area contributed by atoms with Crippen molar-refractivity contribution in [3.05, 3.63) is 70.8 Å². The van der Waals surface area contributed by atoms with E-state index in [1.807, 2.05) is 48.5 Å². The van der Waals surface area contributed by atoms with Gasteiger partial charge >= 0.3 is 0 Å². The molecule has 1 N–H and O–H groups in total. The molecule has 21 heavy (non-hydrogen) atoms. The Bertz CT molecular complexity index is 599. The second-order valence-electron chi connectivity index (χ2n) is 6.53. The van der Waals surface area contributed by atoms with Gasteiger partial charge in [-0.1, -0.05) is 66.6 Å². The zero-order chi connectivity index (χ0) is 15.3. The van der Waals surface area contributed by atoms with Gasteiger partial charge in [0.1, 0.15) is 5.60 Å². The van der Waals surface area contributed by atoms with Crippen LogP contribution in [0.5, 0.6) is 0 Å². The minimum Gasteiger partial charge on any atom is -0.380 e. The number of rotatable bonds is 3. The molecule has 0 aliphatic heterocycles. The van der Waals surface area contributed by atoms with Crippen molar-refractivity contribution in [3.8, 4) is 0 Å². The molecule has 0 spiro atoms. The maximum Gasteiger partial charge on any atom is 0.121 e. The summed E-state index contributed by atoms with van der Waals surface area (Å²) in [5.74, 6) is 0. The summed E-state index contributed by atoms with van der Waals surface area (Å²) >= 11 is 6.38. The van der Waals surface area contributed by atoms with Gasteiger partial charge in [0.2, 0.25) is 0 Å². The third-order valence-corrected chi connectivity index (χ3v) is 5.54. The molecule has 0 heterocycles. The zero-order valence-corrected chi connectivity index (χ0v) is 13.5. The summed E-state index contributed by atoms with van der Waals surface area (Å²) in [6.45, 7) is 6.18. The van der Waals surface area contributed by atoms with Crippen LogP contribution in [0.3, 0.4) is 0 Å². The van der Waals surface area contributed by atoms with Gasteiger partial charge in [-0.05, 0) is 31.4 Å². The standard InChI is InChI=1S/C19H21ClO/c1-13-4-8-15(9-5-13)19(21,18(3)12-17(18)20)16-10-6-14(2)7-11-16/h4-11,17,21H,12H2,1-3H3/t17-,18-/m1/s1. The monoisotopic (exact) mass is 300 g/mol. The highest BCUT2D eigenvalue weighted by atomic mass is 35.5. The van der Waals surface area contributed by atoms with E-state index < -0.39 is 5.60 Å². The lowest BCUT2D eigenvalue weighted by Crippen LogP contribution is -2.38. The van der Waals surface area contributed by atoms with Gasteiger partial charge in [0.15, 0.2) is 0 Å². The number of halogens is 1. The van der Waals surface area contributed by atoms with Gasteiger partial charge in [0.05, 0.1) is 0 Å². The van der Waals surface area contributed by atoms with Crippen molar-refractivity contribution >= 4 is 11.6 Å². The van der Waals surface area contributed by atoms with Gasteiger partial charge < -0.3 is 5.11 Å². The number of hydrogen-bond donors (Lipinski definition) is 1. The van der Waals surface area contributed by atoms with Gasteiger partial charge in [-0.15, -0.1) is 11.6 Å². The average molecular weight is 301 g/mol. The molecule has 0 unspecified atom stereocenters. The Morgan fingerprint density at radius 3 is 1.57 bits per heavy atom. The fourth-order valence-corrected chi connectivity index (χ4v) is 3.58. The quantitative estimate of drug-likeness (QED) is 0.824. The molecule has 1 aliphatic carbocycles. The zero-order valence-electron chi connectivity index (χ0n) is 12.7. The smallest absolute Gasteiger partial charge is 0.121 e. The van der Waals surface area contributed by atoms with E-state index >= 15 is 0 Å². The Hall–Kier alpha value is -1.31. The van der Waals surface area contributed by atoms with E-state index in [-0.39, 0.29) is 10.8 Å². The second-order valence-corrected chi connectivity index (χ2v) is 7.06. The predicted molar refractivity (Wildman–Crippen MR) is 87.7 cm³/mol. The van der Waals surface area contributed by atoms with Crippen molar-refractivity contribution in [2.24, 2.45) is 5.41 Å². The Labute approximate surface area is 131 Å². The van der Waals surface area contributed by atoms with Crippen molar-refractivity contribution in [2.75, 3.05) is 0 Å². The SMILES string of the molecule is Cc1ccc(C(O)(c2ccc(C)cc2)[C@]2(C)C[C@H]2Cl)cc1. The van der Waals surface area contributed by atoms with Crippen molar-refractivity contribution in [2.45, 2.75) is 38.2 Å². The van der Waals surface area contributed by atoms with E-state index in [0.29, 0.717) is 0 Å². The summed E-state index contributed by atoms with van der Waals surface area (Å²) in [6.07, 6.45) is 0.826. The van der Waals surface area contributed by atoms with Crippen LogP contribution in [0.1, 0.15) is 35.6 Å². The van der Waals surface area contributed by atoms with Crippen LogP contribution in [0.25, 0.3) is 0 Å². The predicted octanol–water partition coefficient (Wildman–Crippen LogP) is 4.56. The van der Waals surface area contributed by atoms with E-state index in [9.17, 15) is 5.11 Å². The van der Waals surface area contributed by atoms with Gasteiger partial charge in [-0.3, -0.25) is 0 Å². The largest absolute Gasteiger partial charge is 0.380 e. The molecule has 1 fully saturated rings. The Kier molecular flexibility index (Phi) is 3.38. The third-order valence-electron chi connectivity index (χ3n) is 4.90. The molecule has 0 saturated heterocycles. The van der Waals surface area contributed by atoms with Crippen molar-refractivity contribution < 1.29 is 5.11 Å². The molecule has 3 rings (SSSR count). The minimum absolute atomic E-state index is 0.00473. The number of aryl methyl sites for hydroxylation is 2. The van der Waals surface area contributed by atoms with Crippen molar-refractivity contribution in [3.63, 3.8) is 0 Å². The van der Waals surface area contributed by atoms with Crippen LogP contribution in [-0.2, 0) is 5.60 Å². The third kappa shape index (κ3) is 2.20. The van der Waals surface area contributed by atoms with Crippen LogP contribution in [0.15, 0.2) is 48.5 Å². The van der Waals surface area contributed by atoms with Crippen LogP contribution in [0.4, 0.5) is 0 Å². The molecular formula is C19H21ClO. The fourth-order valence-electron chi connectivity index (χ4n) is 3.10. The van der Waals surface area contributed by atoms with E-state index in [0.717, 1.165) is 17.5 Å². The van der Waals surface area contributed by atoms with Crippen molar-refractivity contribution in [1.82, 2.24) is 0 Å². The number of aliphatic hydroxyl groups is 1. The average Bonchev–Trinajstić information content (AvgIpc) is 3.09. The normalized spacial score (nSPS) is 24.9. The Morgan fingerprint density at radius 2 is 1.29 bits per heavy atom. The highest BCUT2D eigenvalue weighted by Gasteiger charge is 2.63. The fraction of sp³-hybridized carbons (Fsp3) is 0.368. The van der Waals surface area contributed by atoms with Crippen molar-refractivity contribution in [1.29, 1.82) is 0 Å². The maximum atomic E-state index is 11.6. The lowest BCUT2D eigenvalue weighted by atomic mass is 9.74. The molecule has 1 saturated carbocycles. The van der Waals surface area contributed by atoms with Gasteiger partial charge in [-0.25, -0.2) is 0 Å². The number of benzene rings is 2.